The van der Waals surface area contributed by atoms with Crippen LogP contribution in [-0.2, 0) is 0 Å². The zero-order chi connectivity index (χ0) is 16.9. The number of amides is 1. The summed E-state index contributed by atoms with van der Waals surface area (Å²) >= 11 is 1.47. The molecule has 24 heavy (non-hydrogen) atoms. The quantitative estimate of drug-likeness (QED) is 0.771. The summed E-state index contributed by atoms with van der Waals surface area (Å²) in [4.78, 5) is 16.8. The van der Waals surface area contributed by atoms with Gasteiger partial charge in [-0.15, -0.1) is 11.3 Å². The van der Waals surface area contributed by atoms with Crippen LogP contribution < -0.4 is 15.8 Å². The Morgan fingerprint density at radius 3 is 2.79 bits per heavy atom. The van der Waals surface area contributed by atoms with Gasteiger partial charge in [-0.2, -0.15) is 0 Å². The second-order valence-electron chi connectivity index (χ2n) is 6.06. The van der Waals surface area contributed by atoms with Crippen molar-refractivity contribution in [2.24, 2.45) is 11.7 Å². The van der Waals surface area contributed by atoms with E-state index >= 15 is 0 Å². The lowest BCUT2D eigenvalue weighted by molar-refractivity contribution is 0.0929. The number of nitrogens with one attached hydrogen (secondary N) is 1. The fraction of sp³-hybridized carbons (Fsp3) is 0.444. The number of carbonyl (C=O) groups is 1. The molecule has 1 heterocycles. The van der Waals surface area contributed by atoms with Crippen molar-refractivity contribution in [3.05, 3.63) is 35.3 Å². The van der Waals surface area contributed by atoms with Crippen LogP contribution in [0.1, 0.15) is 36.7 Å². The van der Waals surface area contributed by atoms with Crippen molar-refractivity contribution >= 4 is 17.2 Å². The van der Waals surface area contributed by atoms with Crippen molar-refractivity contribution < 1.29 is 9.53 Å². The third-order valence-electron chi connectivity index (χ3n) is 4.07. The molecule has 6 heteroatoms. The van der Waals surface area contributed by atoms with Crippen LogP contribution in [0.25, 0.3) is 10.6 Å². The molecule has 0 radical (unpaired) electrons. The van der Waals surface area contributed by atoms with E-state index in [1.807, 2.05) is 24.3 Å². The molecule has 0 aliphatic heterocycles. The number of benzene rings is 1. The van der Waals surface area contributed by atoms with Gasteiger partial charge < -0.3 is 15.8 Å². The predicted molar refractivity (Wildman–Crippen MR) is 96.4 cm³/mol. The van der Waals surface area contributed by atoms with Crippen LogP contribution in [0.2, 0.25) is 0 Å². The molecule has 1 saturated carbocycles. The number of nitrogens with two attached hydrogens (primary N) is 1. The maximum absolute atomic E-state index is 12.3. The van der Waals surface area contributed by atoms with Gasteiger partial charge in [0.05, 0.1) is 6.61 Å². The second kappa shape index (κ2) is 7.77. The van der Waals surface area contributed by atoms with E-state index in [0.29, 0.717) is 24.8 Å². The van der Waals surface area contributed by atoms with Gasteiger partial charge >= 0.3 is 0 Å². The van der Waals surface area contributed by atoms with Crippen LogP contribution in [0.5, 0.6) is 5.75 Å². The van der Waals surface area contributed by atoms with Crippen molar-refractivity contribution in [3.63, 3.8) is 0 Å². The first-order chi connectivity index (χ1) is 11.7. The molecule has 1 aliphatic rings. The number of thiazole rings is 1. The van der Waals surface area contributed by atoms with E-state index in [-0.39, 0.29) is 11.9 Å². The van der Waals surface area contributed by atoms with E-state index in [4.69, 9.17) is 10.5 Å². The normalized spacial score (nSPS) is 15.1. The minimum atomic E-state index is -0.136. The van der Waals surface area contributed by atoms with Gasteiger partial charge in [0.2, 0.25) is 0 Å². The monoisotopic (exact) mass is 345 g/mol. The Morgan fingerprint density at radius 2 is 2.17 bits per heavy atom. The number of hydrogen-bond acceptors (Lipinski definition) is 5. The van der Waals surface area contributed by atoms with Gasteiger partial charge in [-0.3, -0.25) is 4.79 Å². The Balaban J connectivity index is 1.65. The van der Waals surface area contributed by atoms with Gasteiger partial charge in [-0.05, 0) is 49.4 Å². The van der Waals surface area contributed by atoms with Gasteiger partial charge in [-0.25, -0.2) is 4.98 Å². The third-order valence-corrected chi connectivity index (χ3v) is 4.96. The van der Waals surface area contributed by atoms with Crippen LogP contribution in [0.15, 0.2) is 29.6 Å². The highest BCUT2D eigenvalue weighted by molar-refractivity contribution is 7.13. The van der Waals surface area contributed by atoms with Gasteiger partial charge in [0.25, 0.3) is 5.91 Å². The Hall–Kier alpha value is -1.92. The van der Waals surface area contributed by atoms with Crippen molar-refractivity contribution in [3.8, 4) is 16.3 Å². The number of aromatic nitrogens is 1. The summed E-state index contributed by atoms with van der Waals surface area (Å²) in [5.74, 6) is 1.25. The number of ether oxygens (including phenoxy) is 1. The highest BCUT2D eigenvalue weighted by Gasteiger charge is 2.31. The molecule has 1 fully saturated rings. The molecular formula is C18H23N3O2S. The molecule has 1 unspecified atom stereocenters. The molecule has 1 atom stereocenters. The van der Waals surface area contributed by atoms with Gasteiger partial charge in [-0.1, -0.05) is 6.92 Å². The van der Waals surface area contributed by atoms with Crippen LogP contribution in [-0.4, -0.2) is 30.1 Å². The van der Waals surface area contributed by atoms with E-state index in [1.54, 1.807) is 5.38 Å². The first-order valence-electron chi connectivity index (χ1n) is 8.41. The molecule has 1 aromatic carbocycles. The van der Waals surface area contributed by atoms with Crippen LogP contribution in [0, 0.1) is 5.92 Å². The molecule has 0 bridgehead atoms. The lowest BCUT2D eigenvalue weighted by Gasteiger charge is -2.14. The molecule has 3 N–H and O–H groups in total. The summed E-state index contributed by atoms with van der Waals surface area (Å²) < 4.78 is 5.58. The molecule has 0 spiro atoms. The van der Waals surface area contributed by atoms with Gasteiger partial charge in [0.15, 0.2) is 0 Å². The average molecular weight is 345 g/mol. The molecule has 3 rings (SSSR count). The first-order valence-corrected chi connectivity index (χ1v) is 9.29. The average Bonchev–Trinajstić information content (AvgIpc) is 3.34. The molecule has 1 amide bonds. The number of nitrogens with zero attached hydrogens (tertiary/aromatic N) is 1. The first kappa shape index (κ1) is 16.9. The van der Waals surface area contributed by atoms with Crippen molar-refractivity contribution in [2.45, 2.75) is 32.2 Å². The lowest BCUT2D eigenvalue weighted by Crippen LogP contribution is -2.41. The molecule has 5 nitrogen and oxygen atoms in total. The van der Waals surface area contributed by atoms with Gasteiger partial charge in [0, 0.05) is 23.5 Å². The lowest BCUT2D eigenvalue weighted by atomic mass is 10.2. The largest absolute Gasteiger partial charge is 0.494 e. The maximum atomic E-state index is 12.3. The fourth-order valence-electron chi connectivity index (χ4n) is 2.53. The number of hydrogen-bond donors (Lipinski definition) is 2. The summed E-state index contributed by atoms with van der Waals surface area (Å²) in [6, 6.07) is 7.88. The van der Waals surface area contributed by atoms with E-state index in [1.165, 1.54) is 11.3 Å². The highest BCUT2D eigenvalue weighted by atomic mass is 32.1. The van der Waals surface area contributed by atoms with E-state index in [0.717, 1.165) is 35.6 Å². The minimum absolute atomic E-state index is 0.0673. The smallest absolute Gasteiger partial charge is 0.271 e. The Morgan fingerprint density at radius 1 is 1.42 bits per heavy atom. The van der Waals surface area contributed by atoms with Crippen LogP contribution in [0.3, 0.4) is 0 Å². The Kier molecular flexibility index (Phi) is 5.48. The zero-order valence-electron chi connectivity index (χ0n) is 13.8. The number of rotatable bonds is 8. The van der Waals surface area contributed by atoms with Crippen molar-refractivity contribution in [2.75, 3.05) is 13.2 Å². The molecular weight excluding hydrogens is 322 g/mol. The van der Waals surface area contributed by atoms with E-state index in [9.17, 15) is 4.79 Å². The summed E-state index contributed by atoms with van der Waals surface area (Å²) in [6.07, 6.45) is 3.28. The fourth-order valence-corrected chi connectivity index (χ4v) is 3.34. The molecule has 2 aromatic rings. The molecule has 0 saturated heterocycles. The summed E-state index contributed by atoms with van der Waals surface area (Å²) in [7, 11) is 0. The maximum Gasteiger partial charge on any atom is 0.271 e. The third kappa shape index (κ3) is 4.13. The topological polar surface area (TPSA) is 77.2 Å². The second-order valence-corrected chi connectivity index (χ2v) is 6.92. The standard InChI is InChI=1S/C18H23N3O2S/c1-2-9-23-14-7-5-13(6-8-14)18-21-16(11-24-18)17(22)20-15(10-19)12-3-4-12/h5-8,11-12,15H,2-4,9-10,19H2,1H3,(H,20,22). The van der Waals surface area contributed by atoms with Crippen molar-refractivity contribution in [1.29, 1.82) is 0 Å². The summed E-state index contributed by atoms with van der Waals surface area (Å²) in [5, 5.41) is 5.63. The molecule has 128 valence electrons. The van der Waals surface area contributed by atoms with Crippen LogP contribution in [0.4, 0.5) is 0 Å². The van der Waals surface area contributed by atoms with E-state index in [2.05, 4.69) is 17.2 Å². The van der Waals surface area contributed by atoms with Crippen LogP contribution >= 0.6 is 11.3 Å². The Bertz CT molecular complexity index is 680. The predicted octanol–water partition coefficient (Wildman–Crippen LogP) is 3.07. The SMILES string of the molecule is CCCOc1ccc(-c2nc(C(=O)NC(CN)C3CC3)cs2)cc1. The molecule has 1 aromatic heterocycles. The molecule has 1 aliphatic carbocycles. The van der Waals surface area contributed by atoms with Crippen molar-refractivity contribution in [1.82, 2.24) is 10.3 Å². The summed E-state index contributed by atoms with van der Waals surface area (Å²) in [5.41, 5.74) is 7.19. The highest BCUT2D eigenvalue weighted by Crippen LogP contribution is 2.32. The number of carbonyl (C=O) groups excluding carboxylic acids is 1. The minimum Gasteiger partial charge on any atom is -0.494 e. The Labute approximate surface area is 146 Å². The van der Waals surface area contributed by atoms with E-state index < -0.39 is 0 Å². The summed E-state index contributed by atoms with van der Waals surface area (Å²) in [6.45, 7) is 3.27. The van der Waals surface area contributed by atoms with Gasteiger partial charge in [0.1, 0.15) is 16.5 Å². The zero-order valence-corrected chi connectivity index (χ0v) is 14.6.